The van der Waals surface area contributed by atoms with Crippen molar-refractivity contribution in [2.45, 2.75) is 61.2 Å². The summed E-state index contributed by atoms with van der Waals surface area (Å²) in [7, 11) is 0. The SMILES string of the molecule is CC[N+](CC)(CC)CCn1c(=O)c2cc3c(=O)n(C(C)[N+](CC)(CC)CC)c(=O)c3cc2c1=O. The Morgan fingerprint density at radius 3 is 1.38 bits per heavy atom. The molecule has 8 nitrogen and oxygen atoms in total. The molecule has 0 bridgehead atoms. The van der Waals surface area contributed by atoms with Crippen molar-refractivity contribution in [3.63, 3.8) is 0 Å². The van der Waals surface area contributed by atoms with Crippen molar-refractivity contribution in [1.29, 1.82) is 0 Å². The third-order valence-electron chi connectivity index (χ3n) is 8.87. The Morgan fingerprint density at radius 2 is 1.03 bits per heavy atom. The Kier molecular flexibility index (Phi) is 7.34. The Labute approximate surface area is 200 Å². The monoisotopic (exact) mass is 472 g/mol. The van der Waals surface area contributed by atoms with E-state index in [9.17, 15) is 19.2 Å². The van der Waals surface area contributed by atoms with E-state index in [1.165, 1.54) is 21.3 Å². The summed E-state index contributed by atoms with van der Waals surface area (Å²) in [5, 5.41) is 0.898. The lowest BCUT2D eigenvalue weighted by Crippen LogP contribution is -2.54. The van der Waals surface area contributed by atoms with Crippen LogP contribution in [0.2, 0.25) is 0 Å². The summed E-state index contributed by atoms with van der Waals surface area (Å²) >= 11 is 0. The molecule has 0 saturated heterocycles. The maximum absolute atomic E-state index is 13.4. The van der Waals surface area contributed by atoms with E-state index in [-0.39, 0.29) is 49.9 Å². The van der Waals surface area contributed by atoms with Gasteiger partial charge in [0, 0.05) is 6.92 Å². The first-order valence-corrected chi connectivity index (χ1v) is 12.7. The summed E-state index contributed by atoms with van der Waals surface area (Å²) in [5.74, 6) is 0. The van der Waals surface area contributed by atoms with Crippen LogP contribution in [0.5, 0.6) is 0 Å². The second kappa shape index (κ2) is 9.58. The Bertz CT molecular complexity index is 1290. The average molecular weight is 473 g/mol. The van der Waals surface area contributed by atoms with Gasteiger partial charge in [-0.1, -0.05) is 0 Å². The van der Waals surface area contributed by atoms with E-state index in [0.29, 0.717) is 17.6 Å². The molecule has 0 aliphatic heterocycles. The molecule has 0 aliphatic rings. The van der Waals surface area contributed by atoms with Crippen LogP contribution >= 0.6 is 0 Å². The molecular formula is C26H40N4O4+2. The van der Waals surface area contributed by atoms with E-state index in [2.05, 4.69) is 41.5 Å². The van der Waals surface area contributed by atoms with Crippen LogP contribution in [0.15, 0.2) is 31.3 Å². The maximum Gasteiger partial charge on any atom is 0.266 e. The highest BCUT2D eigenvalue weighted by molar-refractivity contribution is 5.97. The molecule has 3 rings (SSSR count). The van der Waals surface area contributed by atoms with Crippen LogP contribution in [0.25, 0.3) is 21.5 Å². The van der Waals surface area contributed by atoms with Crippen LogP contribution in [-0.4, -0.2) is 63.9 Å². The number of hydrogen-bond acceptors (Lipinski definition) is 4. The van der Waals surface area contributed by atoms with Gasteiger partial charge in [-0.25, -0.2) is 4.57 Å². The minimum atomic E-state index is -0.384. The lowest BCUT2D eigenvalue weighted by Gasteiger charge is -2.41. The number of likely N-dealkylation sites (N-methyl/N-ethyl adjacent to an activating group) is 1. The molecule has 0 spiro atoms. The zero-order valence-electron chi connectivity index (χ0n) is 21.8. The van der Waals surface area contributed by atoms with E-state index < -0.39 is 0 Å². The van der Waals surface area contributed by atoms with Crippen molar-refractivity contribution in [2.24, 2.45) is 0 Å². The fraction of sp³-hybridized carbons (Fsp3) is 0.615. The van der Waals surface area contributed by atoms with Crippen molar-refractivity contribution in [3.05, 3.63) is 53.5 Å². The molecule has 1 atom stereocenters. The zero-order chi connectivity index (χ0) is 25.4. The highest BCUT2D eigenvalue weighted by Crippen LogP contribution is 2.23. The number of aromatic nitrogens is 2. The molecule has 1 aromatic carbocycles. The quantitative estimate of drug-likeness (QED) is 0.401. The van der Waals surface area contributed by atoms with Crippen molar-refractivity contribution < 1.29 is 8.97 Å². The second-order valence-electron chi connectivity index (χ2n) is 9.50. The van der Waals surface area contributed by atoms with E-state index in [0.717, 1.165) is 43.8 Å². The summed E-state index contributed by atoms with van der Waals surface area (Å²) in [6, 6.07) is 2.94. The molecule has 3 aromatic rings. The van der Waals surface area contributed by atoms with Crippen molar-refractivity contribution in [2.75, 3.05) is 45.8 Å². The fourth-order valence-corrected chi connectivity index (χ4v) is 5.75. The molecule has 2 aromatic heterocycles. The van der Waals surface area contributed by atoms with Crippen molar-refractivity contribution >= 4 is 21.5 Å². The minimum absolute atomic E-state index is 0.223. The summed E-state index contributed by atoms with van der Waals surface area (Å²) in [6.45, 7) is 20.6. The normalized spacial score (nSPS) is 13.9. The van der Waals surface area contributed by atoms with Crippen LogP contribution in [0.3, 0.4) is 0 Å². The maximum atomic E-state index is 13.4. The molecule has 0 radical (unpaired) electrons. The van der Waals surface area contributed by atoms with E-state index in [1.54, 1.807) is 0 Å². The van der Waals surface area contributed by atoms with E-state index in [4.69, 9.17) is 0 Å². The van der Waals surface area contributed by atoms with Gasteiger partial charge in [0.05, 0.1) is 73.9 Å². The van der Waals surface area contributed by atoms with Crippen molar-refractivity contribution in [1.82, 2.24) is 9.13 Å². The van der Waals surface area contributed by atoms with E-state index >= 15 is 0 Å². The molecule has 0 N–H and O–H groups in total. The predicted molar refractivity (Wildman–Crippen MR) is 138 cm³/mol. The number of hydrogen-bond donors (Lipinski definition) is 0. The van der Waals surface area contributed by atoms with Gasteiger partial charge in [0.2, 0.25) is 0 Å². The van der Waals surface area contributed by atoms with Crippen LogP contribution in [0, 0.1) is 0 Å². The molecule has 1 unspecified atom stereocenters. The molecular weight excluding hydrogens is 432 g/mol. The lowest BCUT2D eigenvalue weighted by molar-refractivity contribution is -0.960. The van der Waals surface area contributed by atoms with Crippen LogP contribution in [0.1, 0.15) is 54.6 Å². The largest absolute Gasteiger partial charge is 0.323 e. The van der Waals surface area contributed by atoms with Gasteiger partial charge >= 0.3 is 0 Å². The second-order valence-corrected chi connectivity index (χ2v) is 9.50. The average Bonchev–Trinajstić information content (AvgIpc) is 3.24. The highest BCUT2D eigenvalue weighted by atomic mass is 16.2. The Balaban J connectivity index is 2.18. The molecule has 0 saturated carbocycles. The smallest absolute Gasteiger partial charge is 0.266 e. The number of fused-ring (bicyclic) bond motifs is 2. The van der Waals surface area contributed by atoms with Gasteiger partial charge in [-0.3, -0.25) is 23.7 Å². The van der Waals surface area contributed by atoms with Crippen LogP contribution in [0.4, 0.5) is 0 Å². The minimum Gasteiger partial charge on any atom is -0.323 e. The standard InChI is InChI=1S/C26H40N4O4/c1-8-29(9-2,10-3)15-14-27-23(31)19-16-21-22(17-20(19)24(27)32)26(34)28(25(21)33)18(7)30(11-4,12-5)13-6/h16-18H,8-15H2,1-7H3/q+2. The fourth-order valence-electron chi connectivity index (χ4n) is 5.75. The van der Waals surface area contributed by atoms with Gasteiger partial charge in [-0.05, 0) is 53.7 Å². The van der Waals surface area contributed by atoms with Gasteiger partial charge in [0.1, 0.15) is 0 Å². The Morgan fingerprint density at radius 1 is 0.647 bits per heavy atom. The molecule has 186 valence electrons. The summed E-state index contributed by atoms with van der Waals surface area (Å²) in [5.41, 5.74) is -1.52. The molecule has 2 heterocycles. The van der Waals surface area contributed by atoms with Gasteiger partial charge in [0.15, 0.2) is 6.17 Å². The lowest BCUT2D eigenvalue weighted by atomic mass is 10.1. The first-order chi connectivity index (χ1) is 16.1. The van der Waals surface area contributed by atoms with Crippen LogP contribution in [-0.2, 0) is 6.54 Å². The molecule has 0 amide bonds. The highest BCUT2D eigenvalue weighted by Gasteiger charge is 2.34. The van der Waals surface area contributed by atoms with Crippen molar-refractivity contribution in [3.8, 4) is 0 Å². The first kappa shape index (κ1) is 26.0. The summed E-state index contributed by atoms with van der Waals surface area (Å²) in [6.07, 6.45) is -0.340. The summed E-state index contributed by atoms with van der Waals surface area (Å²) in [4.78, 5) is 53.1. The van der Waals surface area contributed by atoms with Gasteiger partial charge < -0.3 is 8.97 Å². The first-order valence-electron chi connectivity index (χ1n) is 12.7. The molecule has 34 heavy (non-hydrogen) atoms. The van der Waals surface area contributed by atoms with Gasteiger partial charge in [-0.15, -0.1) is 0 Å². The number of quaternary nitrogens is 2. The summed E-state index contributed by atoms with van der Waals surface area (Å²) < 4.78 is 4.01. The third-order valence-corrected chi connectivity index (χ3v) is 8.87. The topological polar surface area (TPSA) is 78.1 Å². The molecule has 0 aliphatic carbocycles. The third kappa shape index (κ3) is 3.77. The van der Waals surface area contributed by atoms with Gasteiger partial charge in [-0.2, -0.15) is 0 Å². The zero-order valence-corrected chi connectivity index (χ0v) is 21.8. The number of rotatable bonds is 11. The van der Waals surface area contributed by atoms with Gasteiger partial charge in [0.25, 0.3) is 22.2 Å². The molecule has 8 heteroatoms. The molecule has 0 fully saturated rings. The Hall–Kier alpha value is -2.58. The predicted octanol–water partition coefficient (Wildman–Crippen LogP) is 2.18. The number of nitrogens with zero attached hydrogens (tertiary/aromatic N) is 4. The van der Waals surface area contributed by atoms with E-state index in [1.807, 2.05) is 6.92 Å². The van der Waals surface area contributed by atoms with Crippen LogP contribution < -0.4 is 22.2 Å². The number of benzene rings is 1.